The highest BCUT2D eigenvalue weighted by molar-refractivity contribution is 5.98. The molecule has 1 aliphatic rings. The summed E-state index contributed by atoms with van der Waals surface area (Å²) in [7, 11) is 0. The zero-order chi connectivity index (χ0) is 12.4. The first-order valence-electron chi connectivity index (χ1n) is 6.11. The monoisotopic (exact) mass is 238 g/mol. The highest BCUT2D eigenvalue weighted by atomic mass is 19.2. The zero-order valence-corrected chi connectivity index (χ0v) is 9.88. The molecule has 3 heteroatoms. The van der Waals surface area contributed by atoms with Crippen molar-refractivity contribution in [1.29, 1.82) is 0 Å². The number of hydrogen-bond donors (Lipinski definition) is 0. The van der Waals surface area contributed by atoms with Crippen LogP contribution in [0.15, 0.2) is 18.2 Å². The second-order valence-corrected chi connectivity index (χ2v) is 4.78. The van der Waals surface area contributed by atoms with E-state index in [9.17, 15) is 13.6 Å². The molecule has 1 fully saturated rings. The largest absolute Gasteiger partial charge is 0.294 e. The lowest BCUT2D eigenvalue weighted by Gasteiger charge is -2.09. The van der Waals surface area contributed by atoms with Crippen molar-refractivity contribution in [3.05, 3.63) is 35.4 Å². The highest BCUT2D eigenvalue weighted by Crippen LogP contribution is 2.34. The van der Waals surface area contributed by atoms with Gasteiger partial charge in [0.1, 0.15) is 0 Å². The topological polar surface area (TPSA) is 17.1 Å². The molecule has 2 unspecified atom stereocenters. The molecule has 92 valence electrons. The molecule has 17 heavy (non-hydrogen) atoms. The molecule has 0 spiro atoms. The van der Waals surface area contributed by atoms with Gasteiger partial charge in [0.2, 0.25) is 0 Å². The molecular weight excluding hydrogens is 222 g/mol. The van der Waals surface area contributed by atoms with Gasteiger partial charge in [-0.25, -0.2) is 8.78 Å². The molecule has 0 bridgehead atoms. The van der Waals surface area contributed by atoms with E-state index in [0.29, 0.717) is 11.5 Å². The molecule has 0 heterocycles. The van der Waals surface area contributed by atoms with Crippen molar-refractivity contribution in [3.63, 3.8) is 0 Å². The number of rotatable bonds is 3. The highest BCUT2D eigenvalue weighted by Gasteiger charge is 2.29. The molecule has 0 aliphatic heterocycles. The van der Waals surface area contributed by atoms with E-state index >= 15 is 0 Å². The molecule has 2 atom stereocenters. The summed E-state index contributed by atoms with van der Waals surface area (Å²) in [6.45, 7) is 2.12. The van der Waals surface area contributed by atoms with Crippen LogP contribution >= 0.6 is 0 Å². The third kappa shape index (κ3) is 2.54. The zero-order valence-electron chi connectivity index (χ0n) is 9.88. The van der Waals surface area contributed by atoms with Crippen LogP contribution in [0.3, 0.4) is 0 Å². The van der Waals surface area contributed by atoms with Crippen LogP contribution in [-0.2, 0) is 0 Å². The third-order valence-electron chi connectivity index (χ3n) is 3.69. The Morgan fingerprint density at radius 2 is 2.06 bits per heavy atom. The first-order valence-corrected chi connectivity index (χ1v) is 6.11. The van der Waals surface area contributed by atoms with E-state index in [1.165, 1.54) is 6.07 Å². The van der Waals surface area contributed by atoms with Gasteiger partial charge in [0, 0.05) is 11.5 Å². The van der Waals surface area contributed by atoms with Crippen LogP contribution < -0.4 is 0 Å². The standard InChI is InChI=1S/C14H16F2O/c1-2-9-3-4-10(7-9)14(17)11-5-6-12(15)13(16)8-11/h5-6,8-10H,2-4,7H2,1H3. The van der Waals surface area contributed by atoms with Gasteiger partial charge in [-0.1, -0.05) is 13.3 Å². The van der Waals surface area contributed by atoms with E-state index in [1.54, 1.807) is 0 Å². The summed E-state index contributed by atoms with van der Waals surface area (Å²) < 4.78 is 25.8. The molecule has 1 aliphatic carbocycles. The van der Waals surface area contributed by atoms with Gasteiger partial charge in [-0.3, -0.25) is 4.79 Å². The van der Waals surface area contributed by atoms with E-state index in [-0.39, 0.29) is 11.7 Å². The minimum atomic E-state index is -0.944. The fourth-order valence-corrected chi connectivity index (χ4v) is 2.57. The summed E-state index contributed by atoms with van der Waals surface area (Å²) in [6.07, 6.45) is 3.91. The summed E-state index contributed by atoms with van der Waals surface area (Å²) in [5.74, 6) is -1.29. The number of ketones is 1. The summed E-state index contributed by atoms with van der Waals surface area (Å²) in [4.78, 5) is 12.1. The van der Waals surface area contributed by atoms with Gasteiger partial charge in [-0.05, 0) is 43.4 Å². The third-order valence-corrected chi connectivity index (χ3v) is 3.69. The number of benzene rings is 1. The van der Waals surface area contributed by atoms with Crippen molar-refractivity contribution < 1.29 is 13.6 Å². The van der Waals surface area contributed by atoms with Crippen LogP contribution in [0.5, 0.6) is 0 Å². The molecule has 1 nitrogen and oxygen atoms in total. The van der Waals surface area contributed by atoms with Crippen LogP contribution in [0, 0.1) is 23.5 Å². The molecule has 1 aromatic carbocycles. The predicted molar refractivity (Wildman–Crippen MR) is 61.8 cm³/mol. The molecule has 2 rings (SSSR count). The van der Waals surface area contributed by atoms with Crippen molar-refractivity contribution in [3.8, 4) is 0 Å². The molecule has 0 amide bonds. The Hall–Kier alpha value is -1.25. The molecule has 0 saturated heterocycles. The first kappa shape index (κ1) is 12.2. The minimum absolute atomic E-state index is 0.00943. The SMILES string of the molecule is CCC1CCC(C(=O)c2ccc(F)c(F)c2)C1. The van der Waals surface area contributed by atoms with Crippen molar-refractivity contribution in [2.45, 2.75) is 32.6 Å². The Kier molecular flexibility index (Phi) is 3.55. The maximum Gasteiger partial charge on any atom is 0.166 e. The number of carbonyl (C=O) groups excluding carboxylic acids is 1. The summed E-state index contributed by atoms with van der Waals surface area (Å²) in [6, 6.07) is 3.41. The minimum Gasteiger partial charge on any atom is -0.294 e. The molecule has 1 saturated carbocycles. The normalized spacial score (nSPS) is 23.9. The Morgan fingerprint density at radius 3 is 2.65 bits per heavy atom. The van der Waals surface area contributed by atoms with Gasteiger partial charge in [-0.15, -0.1) is 0 Å². The number of hydrogen-bond acceptors (Lipinski definition) is 1. The predicted octanol–water partition coefficient (Wildman–Crippen LogP) is 3.97. The van der Waals surface area contributed by atoms with Crippen LogP contribution in [0.1, 0.15) is 43.0 Å². The number of halogens is 2. The van der Waals surface area contributed by atoms with Gasteiger partial charge >= 0.3 is 0 Å². The van der Waals surface area contributed by atoms with Gasteiger partial charge in [0.05, 0.1) is 0 Å². The van der Waals surface area contributed by atoms with Crippen molar-refractivity contribution >= 4 is 5.78 Å². The molecule has 0 N–H and O–H groups in total. The lowest BCUT2D eigenvalue weighted by Crippen LogP contribution is -2.12. The fraction of sp³-hybridized carbons (Fsp3) is 0.500. The average molecular weight is 238 g/mol. The van der Waals surface area contributed by atoms with E-state index in [1.807, 2.05) is 0 Å². The number of carbonyl (C=O) groups is 1. The van der Waals surface area contributed by atoms with Crippen molar-refractivity contribution in [2.75, 3.05) is 0 Å². The van der Waals surface area contributed by atoms with Gasteiger partial charge in [0.15, 0.2) is 17.4 Å². The van der Waals surface area contributed by atoms with Crippen LogP contribution in [0.25, 0.3) is 0 Å². The van der Waals surface area contributed by atoms with Crippen LogP contribution in [-0.4, -0.2) is 5.78 Å². The second-order valence-electron chi connectivity index (χ2n) is 4.78. The van der Waals surface area contributed by atoms with Crippen molar-refractivity contribution in [2.24, 2.45) is 11.8 Å². The summed E-state index contributed by atoms with van der Waals surface area (Å²) in [5, 5.41) is 0. The maximum absolute atomic E-state index is 13.0. The Balaban J connectivity index is 2.12. The quantitative estimate of drug-likeness (QED) is 0.728. The van der Waals surface area contributed by atoms with Gasteiger partial charge in [-0.2, -0.15) is 0 Å². The summed E-state index contributed by atoms with van der Waals surface area (Å²) >= 11 is 0. The molecular formula is C14H16F2O. The maximum atomic E-state index is 13.0. The van der Waals surface area contributed by atoms with E-state index < -0.39 is 11.6 Å². The molecule has 0 radical (unpaired) electrons. The molecule has 1 aromatic rings. The summed E-state index contributed by atoms with van der Waals surface area (Å²) in [5.41, 5.74) is 0.297. The van der Waals surface area contributed by atoms with E-state index in [2.05, 4.69) is 6.92 Å². The Labute approximate surface area is 99.8 Å². The average Bonchev–Trinajstić information content (AvgIpc) is 2.80. The van der Waals surface area contributed by atoms with E-state index in [0.717, 1.165) is 37.8 Å². The number of Topliss-reactive ketones (excluding diaryl/α,β-unsaturated/α-hetero) is 1. The Bertz CT molecular complexity index is 428. The molecule has 0 aromatic heterocycles. The van der Waals surface area contributed by atoms with Gasteiger partial charge in [0.25, 0.3) is 0 Å². The van der Waals surface area contributed by atoms with Crippen molar-refractivity contribution in [1.82, 2.24) is 0 Å². The van der Waals surface area contributed by atoms with Crippen LogP contribution in [0.4, 0.5) is 8.78 Å². The lowest BCUT2D eigenvalue weighted by molar-refractivity contribution is 0.0919. The first-order chi connectivity index (χ1) is 8.11. The fourth-order valence-electron chi connectivity index (χ4n) is 2.57. The smallest absolute Gasteiger partial charge is 0.166 e. The van der Waals surface area contributed by atoms with E-state index in [4.69, 9.17) is 0 Å². The Morgan fingerprint density at radius 1 is 1.29 bits per heavy atom. The second kappa shape index (κ2) is 4.94. The van der Waals surface area contributed by atoms with Crippen LogP contribution in [0.2, 0.25) is 0 Å². The van der Waals surface area contributed by atoms with Gasteiger partial charge < -0.3 is 0 Å². The lowest BCUT2D eigenvalue weighted by atomic mass is 9.94.